The van der Waals surface area contributed by atoms with Gasteiger partial charge in [-0.05, 0) is 25.2 Å². The van der Waals surface area contributed by atoms with Gasteiger partial charge in [-0.25, -0.2) is 0 Å². The van der Waals surface area contributed by atoms with Gasteiger partial charge >= 0.3 is 0 Å². The Morgan fingerprint density at radius 3 is 3.07 bits per heavy atom. The predicted molar refractivity (Wildman–Crippen MR) is 61.3 cm³/mol. The average molecular weight is 241 g/mol. The molecule has 0 aromatic carbocycles. The smallest absolute Gasteiger partial charge is 0.195 e. The number of H-pyrrole nitrogens is 1. The summed E-state index contributed by atoms with van der Waals surface area (Å²) < 4.78 is 2.48. The number of aromatic amines is 1. The molecule has 0 aliphatic carbocycles. The van der Waals surface area contributed by atoms with Gasteiger partial charge in [0.1, 0.15) is 0 Å². The number of halogens is 1. The summed E-state index contributed by atoms with van der Waals surface area (Å²) in [6.07, 6.45) is 3.27. The summed E-state index contributed by atoms with van der Waals surface area (Å²) in [6.45, 7) is 2.76. The fourth-order valence-electron chi connectivity index (χ4n) is 1.37. The fraction of sp³-hybridized carbons (Fsp3) is 0.222. The van der Waals surface area contributed by atoms with Gasteiger partial charge in [0.15, 0.2) is 10.6 Å². The molecule has 1 N–H and O–H groups in total. The third-order valence-corrected chi connectivity index (χ3v) is 2.70. The summed E-state index contributed by atoms with van der Waals surface area (Å²) in [6, 6.07) is 1.82. The average Bonchev–Trinajstić information content (AvgIpc) is 2.60. The second-order valence-electron chi connectivity index (χ2n) is 2.95. The zero-order valence-corrected chi connectivity index (χ0v) is 9.64. The lowest BCUT2D eigenvalue weighted by Crippen LogP contribution is -1.98. The summed E-state index contributed by atoms with van der Waals surface area (Å²) in [5.74, 6) is 0.745. The Morgan fingerprint density at radius 1 is 1.60 bits per heavy atom. The highest BCUT2D eigenvalue weighted by atomic mass is 35.5. The maximum Gasteiger partial charge on any atom is 0.195 e. The SMILES string of the molecule is CCn1c(-c2ccncc2Cl)n[nH]c1=S. The van der Waals surface area contributed by atoms with Gasteiger partial charge in [0, 0.05) is 24.5 Å². The van der Waals surface area contributed by atoms with Crippen LogP contribution in [0.3, 0.4) is 0 Å². The van der Waals surface area contributed by atoms with Crippen LogP contribution in [-0.4, -0.2) is 19.7 Å². The molecule has 0 atom stereocenters. The molecule has 0 bridgehead atoms. The number of nitrogens with zero attached hydrogens (tertiary/aromatic N) is 3. The number of pyridine rings is 1. The largest absolute Gasteiger partial charge is 0.300 e. The molecule has 2 aromatic rings. The van der Waals surface area contributed by atoms with Crippen molar-refractivity contribution in [2.75, 3.05) is 0 Å². The van der Waals surface area contributed by atoms with Crippen molar-refractivity contribution in [2.45, 2.75) is 13.5 Å². The second kappa shape index (κ2) is 4.12. The quantitative estimate of drug-likeness (QED) is 0.821. The molecule has 0 unspecified atom stereocenters. The highest BCUT2D eigenvalue weighted by molar-refractivity contribution is 7.71. The van der Waals surface area contributed by atoms with Gasteiger partial charge in [-0.15, -0.1) is 0 Å². The normalized spacial score (nSPS) is 10.5. The zero-order valence-electron chi connectivity index (χ0n) is 8.07. The predicted octanol–water partition coefficient (Wildman–Crippen LogP) is 2.68. The summed E-state index contributed by atoms with van der Waals surface area (Å²) in [5.41, 5.74) is 0.834. The second-order valence-corrected chi connectivity index (χ2v) is 3.75. The zero-order chi connectivity index (χ0) is 10.8. The van der Waals surface area contributed by atoms with Crippen LogP contribution in [0.15, 0.2) is 18.5 Å². The van der Waals surface area contributed by atoms with E-state index >= 15 is 0 Å². The first-order valence-corrected chi connectivity index (χ1v) is 5.27. The van der Waals surface area contributed by atoms with Crippen molar-refractivity contribution in [1.29, 1.82) is 0 Å². The van der Waals surface area contributed by atoms with E-state index in [0.717, 1.165) is 17.9 Å². The Hall–Kier alpha value is -1.20. The van der Waals surface area contributed by atoms with Crippen molar-refractivity contribution in [2.24, 2.45) is 0 Å². The summed E-state index contributed by atoms with van der Waals surface area (Å²) in [4.78, 5) is 3.93. The number of nitrogens with one attached hydrogen (secondary N) is 1. The van der Waals surface area contributed by atoms with E-state index in [1.165, 1.54) is 0 Å². The van der Waals surface area contributed by atoms with Crippen molar-refractivity contribution in [3.05, 3.63) is 28.3 Å². The van der Waals surface area contributed by atoms with E-state index < -0.39 is 0 Å². The highest BCUT2D eigenvalue weighted by Crippen LogP contribution is 2.24. The van der Waals surface area contributed by atoms with Gasteiger partial charge in [0.25, 0.3) is 0 Å². The minimum Gasteiger partial charge on any atom is -0.300 e. The van der Waals surface area contributed by atoms with Crippen molar-refractivity contribution in [3.63, 3.8) is 0 Å². The van der Waals surface area contributed by atoms with E-state index in [1.54, 1.807) is 12.4 Å². The van der Waals surface area contributed by atoms with Gasteiger partial charge in [-0.1, -0.05) is 11.6 Å². The molecule has 0 aliphatic rings. The Kier molecular flexibility index (Phi) is 2.83. The number of hydrogen-bond acceptors (Lipinski definition) is 3. The molecular weight excluding hydrogens is 232 g/mol. The van der Waals surface area contributed by atoms with Crippen molar-refractivity contribution in [3.8, 4) is 11.4 Å². The maximum absolute atomic E-state index is 6.03. The van der Waals surface area contributed by atoms with E-state index in [4.69, 9.17) is 23.8 Å². The van der Waals surface area contributed by atoms with E-state index in [0.29, 0.717) is 9.79 Å². The molecule has 0 fully saturated rings. The minimum atomic E-state index is 0.571. The Bertz CT molecular complexity index is 531. The van der Waals surface area contributed by atoms with Crippen LogP contribution in [-0.2, 0) is 6.54 Å². The van der Waals surface area contributed by atoms with Crippen LogP contribution in [0.1, 0.15) is 6.92 Å². The van der Waals surface area contributed by atoms with Gasteiger partial charge in [-0.2, -0.15) is 5.10 Å². The van der Waals surface area contributed by atoms with Crippen LogP contribution in [0.25, 0.3) is 11.4 Å². The molecule has 0 aliphatic heterocycles. The molecule has 78 valence electrons. The molecule has 0 saturated heterocycles. The molecule has 2 aromatic heterocycles. The molecule has 2 heterocycles. The lowest BCUT2D eigenvalue weighted by atomic mass is 10.2. The third kappa shape index (κ3) is 1.80. The van der Waals surface area contributed by atoms with Crippen molar-refractivity contribution in [1.82, 2.24) is 19.7 Å². The lowest BCUT2D eigenvalue weighted by Gasteiger charge is -2.04. The van der Waals surface area contributed by atoms with E-state index in [9.17, 15) is 0 Å². The van der Waals surface area contributed by atoms with Gasteiger partial charge in [-0.3, -0.25) is 10.1 Å². The Morgan fingerprint density at radius 2 is 2.40 bits per heavy atom. The number of aromatic nitrogens is 4. The molecule has 6 heteroatoms. The molecule has 0 spiro atoms. The molecule has 4 nitrogen and oxygen atoms in total. The Labute approximate surface area is 96.9 Å². The monoisotopic (exact) mass is 240 g/mol. The van der Waals surface area contributed by atoms with Crippen LogP contribution in [0.4, 0.5) is 0 Å². The molecule has 0 radical (unpaired) electrons. The molecular formula is C9H9ClN4S. The Balaban J connectivity index is 2.64. The van der Waals surface area contributed by atoms with E-state index in [2.05, 4.69) is 15.2 Å². The standard InChI is InChI=1S/C9H9ClN4S/c1-2-14-8(12-13-9(14)15)6-3-4-11-5-7(6)10/h3-5H,2H2,1H3,(H,13,15). The number of rotatable bonds is 2. The molecule has 2 rings (SSSR count). The number of hydrogen-bond donors (Lipinski definition) is 1. The van der Waals surface area contributed by atoms with Crippen molar-refractivity contribution < 1.29 is 0 Å². The van der Waals surface area contributed by atoms with Crippen molar-refractivity contribution >= 4 is 23.8 Å². The first kappa shape index (κ1) is 10.3. The molecule has 15 heavy (non-hydrogen) atoms. The van der Waals surface area contributed by atoms with Gasteiger partial charge in [0.2, 0.25) is 0 Å². The highest BCUT2D eigenvalue weighted by Gasteiger charge is 2.10. The fourth-order valence-corrected chi connectivity index (χ4v) is 1.84. The first-order valence-electron chi connectivity index (χ1n) is 4.49. The van der Waals surface area contributed by atoms with Crippen LogP contribution in [0, 0.1) is 4.77 Å². The molecule has 0 amide bonds. The summed E-state index contributed by atoms with van der Waals surface area (Å²) in [5, 5.41) is 7.47. The topological polar surface area (TPSA) is 46.5 Å². The molecule has 0 saturated carbocycles. The lowest BCUT2D eigenvalue weighted by molar-refractivity contribution is 0.755. The van der Waals surface area contributed by atoms with Crippen LogP contribution < -0.4 is 0 Å². The van der Waals surface area contributed by atoms with E-state index in [-0.39, 0.29) is 0 Å². The maximum atomic E-state index is 6.03. The van der Waals surface area contributed by atoms with Crippen LogP contribution in [0.2, 0.25) is 5.02 Å². The van der Waals surface area contributed by atoms with Gasteiger partial charge < -0.3 is 4.57 Å². The minimum absolute atomic E-state index is 0.571. The third-order valence-electron chi connectivity index (χ3n) is 2.09. The van der Waals surface area contributed by atoms with Crippen LogP contribution in [0.5, 0.6) is 0 Å². The van der Waals surface area contributed by atoms with Gasteiger partial charge in [0.05, 0.1) is 5.02 Å². The van der Waals surface area contributed by atoms with E-state index in [1.807, 2.05) is 17.6 Å². The summed E-state index contributed by atoms with van der Waals surface area (Å²) >= 11 is 11.1. The summed E-state index contributed by atoms with van der Waals surface area (Å²) in [7, 11) is 0. The van der Waals surface area contributed by atoms with Crippen LogP contribution >= 0.6 is 23.8 Å². The first-order chi connectivity index (χ1) is 7.24.